The van der Waals surface area contributed by atoms with Crippen molar-refractivity contribution in [3.05, 3.63) is 35.4 Å². The van der Waals surface area contributed by atoms with Crippen molar-refractivity contribution in [2.45, 2.75) is 71.2 Å². The number of nitrogens with one attached hydrogen (secondary N) is 2. The standard InChI is InChI=1S/C24H39N5O2/c1-24(2,3)31-23(30)27-21-12-15-29(18-21)22(25-4)26-16-19-10-6-7-11-20(19)17-28-13-8-5-9-14-28/h6-7,10-11,21H,5,8-9,12-18H2,1-4H3,(H,25,26)(H,27,30). The molecule has 31 heavy (non-hydrogen) atoms. The quantitative estimate of drug-likeness (QED) is 0.555. The zero-order chi connectivity index (χ0) is 22.3. The van der Waals surface area contributed by atoms with E-state index in [4.69, 9.17) is 4.74 Å². The van der Waals surface area contributed by atoms with E-state index in [2.05, 4.69) is 49.7 Å². The molecule has 2 fully saturated rings. The van der Waals surface area contributed by atoms with E-state index in [1.807, 2.05) is 27.8 Å². The van der Waals surface area contributed by atoms with Crippen molar-refractivity contribution in [2.24, 2.45) is 4.99 Å². The molecule has 7 nitrogen and oxygen atoms in total. The van der Waals surface area contributed by atoms with Crippen molar-refractivity contribution in [3.63, 3.8) is 0 Å². The zero-order valence-corrected chi connectivity index (χ0v) is 19.6. The van der Waals surface area contributed by atoms with Crippen molar-refractivity contribution < 1.29 is 9.53 Å². The summed E-state index contributed by atoms with van der Waals surface area (Å²) in [4.78, 5) is 21.3. The summed E-state index contributed by atoms with van der Waals surface area (Å²) in [5, 5.41) is 6.51. The monoisotopic (exact) mass is 429 g/mol. The molecule has 0 radical (unpaired) electrons. The topological polar surface area (TPSA) is 69.2 Å². The van der Waals surface area contributed by atoms with Gasteiger partial charge in [-0.05, 0) is 64.3 Å². The fraction of sp³-hybridized carbons (Fsp3) is 0.667. The molecule has 1 amide bonds. The summed E-state index contributed by atoms with van der Waals surface area (Å²) in [5.74, 6) is 0.876. The van der Waals surface area contributed by atoms with E-state index in [-0.39, 0.29) is 12.1 Å². The van der Waals surface area contributed by atoms with Crippen molar-refractivity contribution in [1.82, 2.24) is 20.4 Å². The van der Waals surface area contributed by atoms with Crippen LogP contribution in [0.1, 0.15) is 57.6 Å². The second-order valence-corrected chi connectivity index (χ2v) is 9.58. The Balaban J connectivity index is 1.51. The van der Waals surface area contributed by atoms with Crippen LogP contribution in [0.5, 0.6) is 0 Å². The van der Waals surface area contributed by atoms with Crippen molar-refractivity contribution >= 4 is 12.1 Å². The zero-order valence-electron chi connectivity index (χ0n) is 19.6. The molecule has 0 aromatic heterocycles. The number of piperidine rings is 1. The van der Waals surface area contributed by atoms with Crippen LogP contribution in [0, 0.1) is 0 Å². The second kappa shape index (κ2) is 10.8. The number of carbonyl (C=O) groups excluding carboxylic acids is 1. The SMILES string of the molecule is CN=C(NCc1ccccc1CN1CCCCC1)N1CCC(NC(=O)OC(C)(C)C)C1. The first-order valence-electron chi connectivity index (χ1n) is 11.6. The molecule has 2 aliphatic rings. The van der Waals surface area contributed by atoms with Crippen LogP contribution in [0.15, 0.2) is 29.3 Å². The van der Waals surface area contributed by atoms with Crippen molar-refractivity contribution in [1.29, 1.82) is 0 Å². The molecule has 2 heterocycles. The van der Waals surface area contributed by atoms with Crippen LogP contribution in [-0.4, -0.2) is 66.7 Å². The van der Waals surface area contributed by atoms with Crippen LogP contribution >= 0.6 is 0 Å². The maximum Gasteiger partial charge on any atom is 0.407 e. The highest BCUT2D eigenvalue weighted by Crippen LogP contribution is 2.17. The van der Waals surface area contributed by atoms with Gasteiger partial charge in [0, 0.05) is 33.2 Å². The maximum atomic E-state index is 12.1. The molecule has 0 aliphatic carbocycles. The van der Waals surface area contributed by atoms with Gasteiger partial charge in [0.2, 0.25) is 0 Å². The van der Waals surface area contributed by atoms with Crippen LogP contribution in [-0.2, 0) is 17.8 Å². The van der Waals surface area contributed by atoms with Gasteiger partial charge in [0.1, 0.15) is 5.60 Å². The van der Waals surface area contributed by atoms with Gasteiger partial charge in [-0.3, -0.25) is 9.89 Å². The molecule has 0 bridgehead atoms. The Hall–Kier alpha value is -2.28. The lowest BCUT2D eigenvalue weighted by Crippen LogP contribution is -2.44. The number of amides is 1. The highest BCUT2D eigenvalue weighted by molar-refractivity contribution is 5.80. The van der Waals surface area contributed by atoms with Gasteiger partial charge in [0.05, 0.1) is 6.04 Å². The molecule has 1 atom stereocenters. The number of nitrogens with zero attached hydrogens (tertiary/aromatic N) is 3. The Labute approximate surface area is 187 Å². The summed E-state index contributed by atoms with van der Waals surface area (Å²) in [6, 6.07) is 8.75. The number of carbonyl (C=O) groups is 1. The summed E-state index contributed by atoms with van der Waals surface area (Å²) in [6.45, 7) is 11.4. The summed E-state index contributed by atoms with van der Waals surface area (Å²) in [5.41, 5.74) is 2.22. The third-order valence-electron chi connectivity index (χ3n) is 5.82. The normalized spacial score (nSPS) is 20.6. The number of hydrogen-bond acceptors (Lipinski definition) is 4. The summed E-state index contributed by atoms with van der Waals surface area (Å²) in [7, 11) is 1.82. The largest absolute Gasteiger partial charge is 0.444 e. The summed E-state index contributed by atoms with van der Waals surface area (Å²) in [6.07, 6.45) is 4.50. The smallest absolute Gasteiger partial charge is 0.407 e. The van der Waals surface area contributed by atoms with Gasteiger partial charge in [-0.15, -0.1) is 0 Å². The van der Waals surface area contributed by atoms with Gasteiger partial charge >= 0.3 is 6.09 Å². The molecular formula is C24H39N5O2. The Morgan fingerprint density at radius 1 is 1.13 bits per heavy atom. The lowest BCUT2D eigenvalue weighted by atomic mass is 10.0. The van der Waals surface area contributed by atoms with E-state index < -0.39 is 5.60 Å². The van der Waals surface area contributed by atoms with E-state index in [0.29, 0.717) is 0 Å². The van der Waals surface area contributed by atoms with Crippen LogP contribution < -0.4 is 10.6 Å². The minimum absolute atomic E-state index is 0.0692. The molecule has 1 aromatic carbocycles. The van der Waals surface area contributed by atoms with E-state index in [1.165, 1.54) is 43.5 Å². The molecule has 172 valence electrons. The lowest BCUT2D eigenvalue weighted by molar-refractivity contribution is 0.0507. The number of likely N-dealkylation sites (tertiary alicyclic amines) is 2. The van der Waals surface area contributed by atoms with Crippen LogP contribution in [0.3, 0.4) is 0 Å². The van der Waals surface area contributed by atoms with Gasteiger partial charge in [-0.25, -0.2) is 4.79 Å². The molecular weight excluding hydrogens is 390 g/mol. The summed E-state index contributed by atoms with van der Waals surface area (Å²) >= 11 is 0. The molecule has 0 saturated carbocycles. The Morgan fingerprint density at radius 3 is 2.52 bits per heavy atom. The second-order valence-electron chi connectivity index (χ2n) is 9.58. The third kappa shape index (κ3) is 7.42. The molecule has 3 rings (SSSR count). The van der Waals surface area contributed by atoms with Gasteiger partial charge in [0.15, 0.2) is 5.96 Å². The van der Waals surface area contributed by atoms with E-state index >= 15 is 0 Å². The van der Waals surface area contributed by atoms with Gasteiger partial charge in [0.25, 0.3) is 0 Å². The minimum atomic E-state index is -0.485. The Kier molecular flexibility index (Phi) is 8.18. The fourth-order valence-corrected chi connectivity index (χ4v) is 4.29. The Bertz CT molecular complexity index is 753. The van der Waals surface area contributed by atoms with Gasteiger partial charge < -0.3 is 20.3 Å². The molecule has 7 heteroatoms. The van der Waals surface area contributed by atoms with Crippen molar-refractivity contribution in [2.75, 3.05) is 33.2 Å². The maximum absolute atomic E-state index is 12.1. The number of guanidine groups is 1. The highest BCUT2D eigenvalue weighted by Gasteiger charge is 2.28. The predicted molar refractivity (Wildman–Crippen MR) is 125 cm³/mol. The molecule has 2 N–H and O–H groups in total. The van der Waals surface area contributed by atoms with E-state index in [1.54, 1.807) is 0 Å². The van der Waals surface area contributed by atoms with Crippen LogP contribution in [0.4, 0.5) is 4.79 Å². The summed E-state index contributed by atoms with van der Waals surface area (Å²) < 4.78 is 5.38. The number of benzene rings is 1. The first-order valence-corrected chi connectivity index (χ1v) is 11.6. The third-order valence-corrected chi connectivity index (χ3v) is 5.82. The number of rotatable bonds is 5. The molecule has 2 aliphatic heterocycles. The fourth-order valence-electron chi connectivity index (χ4n) is 4.29. The van der Waals surface area contributed by atoms with E-state index in [0.717, 1.165) is 38.6 Å². The molecule has 0 spiro atoms. The molecule has 1 unspecified atom stereocenters. The number of ether oxygens (including phenoxy) is 1. The number of alkyl carbamates (subject to hydrolysis) is 1. The van der Waals surface area contributed by atoms with Crippen molar-refractivity contribution in [3.8, 4) is 0 Å². The average Bonchev–Trinajstić information content (AvgIpc) is 3.17. The van der Waals surface area contributed by atoms with Gasteiger partial charge in [-0.1, -0.05) is 30.7 Å². The number of aliphatic imine (C=N–C) groups is 1. The van der Waals surface area contributed by atoms with E-state index in [9.17, 15) is 4.79 Å². The average molecular weight is 430 g/mol. The first-order chi connectivity index (χ1) is 14.8. The Morgan fingerprint density at radius 2 is 1.84 bits per heavy atom. The minimum Gasteiger partial charge on any atom is -0.444 e. The highest BCUT2D eigenvalue weighted by atomic mass is 16.6. The van der Waals surface area contributed by atoms with Crippen LogP contribution in [0.2, 0.25) is 0 Å². The van der Waals surface area contributed by atoms with Crippen LogP contribution in [0.25, 0.3) is 0 Å². The predicted octanol–water partition coefficient (Wildman–Crippen LogP) is 3.35. The molecule has 2 saturated heterocycles. The number of hydrogen-bond donors (Lipinski definition) is 2. The first kappa shape index (κ1) is 23.4. The van der Waals surface area contributed by atoms with Gasteiger partial charge in [-0.2, -0.15) is 0 Å². The molecule has 1 aromatic rings. The lowest BCUT2D eigenvalue weighted by Gasteiger charge is -2.27.